The maximum atomic E-state index is 14.2. The molecule has 0 spiro atoms. The highest BCUT2D eigenvalue weighted by Gasteiger charge is 2.30. The van der Waals surface area contributed by atoms with Crippen molar-refractivity contribution in [3.63, 3.8) is 0 Å². The van der Waals surface area contributed by atoms with Gasteiger partial charge in [-0.25, -0.2) is 9.37 Å². The Hall–Kier alpha value is -3.77. The maximum absolute atomic E-state index is 14.2. The molecule has 9 heteroatoms. The van der Waals surface area contributed by atoms with Gasteiger partial charge in [0, 0.05) is 31.9 Å². The summed E-state index contributed by atoms with van der Waals surface area (Å²) in [5, 5.41) is 24.0. The van der Waals surface area contributed by atoms with Gasteiger partial charge >= 0.3 is 0 Å². The van der Waals surface area contributed by atoms with Crippen LogP contribution in [-0.4, -0.2) is 68.3 Å². The lowest BCUT2D eigenvalue weighted by atomic mass is 10.00. The van der Waals surface area contributed by atoms with Crippen LogP contribution in [0.1, 0.15) is 35.3 Å². The van der Waals surface area contributed by atoms with Crippen molar-refractivity contribution >= 4 is 5.91 Å². The molecule has 8 nitrogen and oxygen atoms in total. The van der Waals surface area contributed by atoms with Crippen molar-refractivity contribution in [2.75, 3.05) is 26.7 Å². The molecule has 34 heavy (non-hydrogen) atoms. The summed E-state index contributed by atoms with van der Waals surface area (Å²) in [5.74, 6) is -0.193. The highest BCUT2D eigenvalue weighted by atomic mass is 19.1. The number of nitrogens with zero attached hydrogens (tertiary/aromatic N) is 6. The summed E-state index contributed by atoms with van der Waals surface area (Å²) < 4.78 is 15.4. The first-order valence-corrected chi connectivity index (χ1v) is 11.1. The van der Waals surface area contributed by atoms with Gasteiger partial charge in [0.1, 0.15) is 11.9 Å². The summed E-state index contributed by atoms with van der Waals surface area (Å²) in [4.78, 5) is 21.5. The van der Waals surface area contributed by atoms with Gasteiger partial charge in [0.2, 0.25) is 5.88 Å². The number of nitriles is 1. The first kappa shape index (κ1) is 23.4. The predicted molar refractivity (Wildman–Crippen MR) is 125 cm³/mol. The number of piperazine rings is 1. The normalized spacial score (nSPS) is 16.6. The van der Waals surface area contributed by atoms with Crippen molar-refractivity contribution in [2.45, 2.75) is 26.8 Å². The smallest absolute Gasteiger partial charge is 0.255 e. The summed E-state index contributed by atoms with van der Waals surface area (Å²) in [5.41, 5.74) is 1.79. The van der Waals surface area contributed by atoms with E-state index in [1.165, 1.54) is 29.2 Å². The van der Waals surface area contributed by atoms with Gasteiger partial charge in [-0.2, -0.15) is 15.0 Å². The van der Waals surface area contributed by atoms with Crippen molar-refractivity contribution in [2.24, 2.45) is 5.92 Å². The third-order valence-electron chi connectivity index (χ3n) is 6.43. The van der Waals surface area contributed by atoms with E-state index in [9.17, 15) is 14.3 Å². The zero-order chi connectivity index (χ0) is 24.6. The van der Waals surface area contributed by atoms with E-state index in [0.29, 0.717) is 53.1 Å². The molecule has 0 saturated carbocycles. The number of carbonyl (C=O) groups is 1. The number of pyridine rings is 1. The summed E-state index contributed by atoms with van der Waals surface area (Å²) >= 11 is 0. The Balaban J connectivity index is 1.57. The van der Waals surface area contributed by atoms with Gasteiger partial charge in [0.05, 0.1) is 22.9 Å². The van der Waals surface area contributed by atoms with Crippen LogP contribution in [0.4, 0.5) is 4.39 Å². The zero-order valence-electron chi connectivity index (χ0n) is 19.7. The Bertz CT molecular complexity index is 1260. The van der Waals surface area contributed by atoms with Gasteiger partial charge in [-0.15, -0.1) is 0 Å². The first-order valence-electron chi connectivity index (χ1n) is 11.1. The van der Waals surface area contributed by atoms with Gasteiger partial charge in [0.25, 0.3) is 5.91 Å². The van der Waals surface area contributed by atoms with E-state index >= 15 is 0 Å². The third-order valence-corrected chi connectivity index (χ3v) is 6.43. The molecule has 1 aliphatic heterocycles. The molecule has 3 heterocycles. The van der Waals surface area contributed by atoms with Crippen LogP contribution in [-0.2, 0) is 0 Å². The summed E-state index contributed by atoms with van der Waals surface area (Å²) in [6.07, 6.45) is 2.90. The van der Waals surface area contributed by atoms with Gasteiger partial charge in [0.15, 0.2) is 5.82 Å². The molecule has 4 rings (SSSR count). The van der Waals surface area contributed by atoms with Crippen molar-refractivity contribution < 1.29 is 14.3 Å². The van der Waals surface area contributed by atoms with E-state index < -0.39 is 5.82 Å². The Morgan fingerprint density at radius 2 is 2.00 bits per heavy atom. The Morgan fingerprint density at radius 1 is 1.24 bits per heavy atom. The largest absolute Gasteiger partial charge is 0.493 e. The topological polar surface area (TPSA) is 98.3 Å². The Kier molecular flexibility index (Phi) is 6.35. The molecule has 0 bridgehead atoms. The number of aryl methyl sites for hydroxylation is 1. The molecule has 2 aromatic heterocycles. The van der Waals surface area contributed by atoms with E-state index in [-0.39, 0.29) is 17.4 Å². The summed E-state index contributed by atoms with van der Waals surface area (Å²) in [6, 6.07) is 8.04. The lowest BCUT2D eigenvalue weighted by Gasteiger charge is -2.41. The standard InChI is InChI=1S/C25H27FN6O2/c1-15(2)22-14-31(8-7-30(22)4)24(33)17-5-6-23(28-12-17)32-25(34)20(13-29-32)19-10-21(26)18(11-27)9-16(19)3/h5-6,9-10,12-13,15,22,34H,7-8,14H2,1-4H3. The molecular weight excluding hydrogens is 435 g/mol. The van der Waals surface area contributed by atoms with Gasteiger partial charge in [-0.3, -0.25) is 9.69 Å². The second kappa shape index (κ2) is 9.23. The van der Waals surface area contributed by atoms with Crippen LogP contribution in [0.5, 0.6) is 5.88 Å². The fraction of sp³-hybridized carbons (Fsp3) is 0.360. The molecule has 1 fully saturated rings. The molecule has 176 valence electrons. The number of benzene rings is 1. The Labute approximate surface area is 197 Å². The Morgan fingerprint density at radius 3 is 2.65 bits per heavy atom. The first-order chi connectivity index (χ1) is 16.2. The molecule has 1 aromatic carbocycles. The fourth-order valence-electron chi connectivity index (χ4n) is 4.38. The molecule has 1 N–H and O–H groups in total. The zero-order valence-corrected chi connectivity index (χ0v) is 19.7. The van der Waals surface area contributed by atoms with Gasteiger partial charge in [-0.05, 0) is 55.3 Å². The molecule has 1 saturated heterocycles. The van der Waals surface area contributed by atoms with E-state index in [1.54, 1.807) is 25.1 Å². The van der Waals surface area contributed by atoms with Crippen molar-refractivity contribution in [3.05, 3.63) is 59.2 Å². The minimum absolute atomic E-state index is 0.0601. The monoisotopic (exact) mass is 462 g/mol. The second-order valence-corrected chi connectivity index (χ2v) is 9.00. The number of likely N-dealkylation sites (N-methyl/N-ethyl adjacent to an activating group) is 1. The van der Waals surface area contributed by atoms with E-state index in [2.05, 4.69) is 35.9 Å². The molecule has 1 atom stereocenters. The molecule has 0 radical (unpaired) electrons. The summed E-state index contributed by atoms with van der Waals surface area (Å²) in [6.45, 7) is 8.18. The number of amides is 1. The second-order valence-electron chi connectivity index (χ2n) is 9.00. The van der Waals surface area contributed by atoms with Crippen LogP contribution < -0.4 is 0 Å². The average molecular weight is 463 g/mol. The molecule has 1 unspecified atom stereocenters. The molecule has 1 amide bonds. The number of aromatic nitrogens is 3. The van der Waals surface area contributed by atoms with Crippen LogP contribution in [0, 0.1) is 30.0 Å². The van der Waals surface area contributed by atoms with Crippen LogP contribution >= 0.6 is 0 Å². The molecular formula is C25H27FN6O2. The molecule has 3 aromatic rings. The van der Waals surface area contributed by atoms with Crippen molar-refractivity contribution in [3.8, 4) is 28.9 Å². The van der Waals surface area contributed by atoms with E-state index in [1.807, 2.05) is 4.90 Å². The van der Waals surface area contributed by atoms with E-state index in [0.717, 1.165) is 6.54 Å². The number of carbonyl (C=O) groups excluding carboxylic acids is 1. The fourth-order valence-corrected chi connectivity index (χ4v) is 4.38. The van der Waals surface area contributed by atoms with Crippen LogP contribution in [0.15, 0.2) is 36.7 Å². The SMILES string of the molecule is Cc1cc(C#N)c(F)cc1-c1cnn(-c2ccc(C(=O)N3CCN(C)C(C(C)C)C3)cn2)c1O. The minimum atomic E-state index is -0.667. The molecule has 0 aliphatic carbocycles. The number of hydrogen-bond acceptors (Lipinski definition) is 6. The lowest BCUT2D eigenvalue weighted by molar-refractivity contribution is 0.0464. The highest BCUT2D eigenvalue weighted by Crippen LogP contribution is 2.34. The van der Waals surface area contributed by atoms with Crippen LogP contribution in [0.2, 0.25) is 0 Å². The number of rotatable bonds is 4. The quantitative estimate of drug-likeness (QED) is 0.638. The minimum Gasteiger partial charge on any atom is -0.493 e. The highest BCUT2D eigenvalue weighted by molar-refractivity contribution is 5.94. The maximum Gasteiger partial charge on any atom is 0.255 e. The summed E-state index contributed by atoms with van der Waals surface area (Å²) in [7, 11) is 2.08. The van der Waals surface area contributed by atoms with Gasteiger partial charge in [-0.1, -0.05) is 13.8 Å². The number of aromatic hydroxyl groups is 1. The third kappa shape index (κ3) is 4.24. The van der Waals surface area contributed by atoms with Crippen LogP contribution in [0.3, 0.4) is 0 Å². The van der Waals surface area contributed by atoms with Gasteiger partial charge < -0.3 is 10.0 Å². The number of halogens is 1. The lowest BCUT2D eigenvalue weighted by Crippen LogP contribution is -2.55. The average Bonchev–Trinajstić information content (AvgIpc) is 3.21. The number of hydrogen-bond donors (Lipinski definition) is 1. The van der Waals surface area contributed by atoms with Crippen molar-refractivity contribution in [1.29, 1.82) is 5.26 Å². The van der Waals surface area contributed by atoms with Crippen LogP contribution in [0.25, 0.3) is 16.9 Å². The van der Waals surface area contributed by atoms with Crippen molar-refractivity contribution in [1.82, 2.24) is 24.6 Å². The predicted octanol–water partition coefficient (Wildman–Crippen LogP) is 3.37. The van der Waals surface area contributed by atoms with E-state index in [4.69, 9.17) is 5.26 Å². The molecule has 1 aliphatic rings.